The van der Waals surface area contributed by atoms with Gasteiger partial charge in [0.2, 0.25) is 0 Å². The molecule has 0 aliphatic heterocycles. The van der Waals surface area contributed by atoms with Crippen LogP contribution in [0.5, 0.6) is 0 Å². The molecule has 7 aromatic rings. The fourth-order valence-corrected chi connectivity index (χ4v) is 4.88. The zero-order valence-corrected chi connectivity index (χ0v) is 20.0. The Hall–Kier alpha value is -5.09. The van der Waals surface area contributed by atoms with Gasteiger partial charge in [0.25, 0.3) is 0 Å². The van der Waals surface area contributed by atoms with Crippen LogP contribution in [0, 0.1) is 0 Å². The number of aromatic amines is 1. The molecule has 37 heavy (non-hydrogen) atoms. The lowest BCUT2D eigenvalue weighted by Gasteiger charge is -2.09. The number of hydrogen-bond donors (Lipinski definition) is 1. The van der Waals surface area contributed by atoms with Gasteiger partial charge >= 0.3 is 0 Å². The molecule has 2 heterocycles. The summed E-state index contributed by atoms with van der Waals surface area (Å²) in [4.78, 5) is 18.1. The van der Waals surface area contributed by atoms with Gasteiger partial charge in [-0.05, 0) is 23.3 Å². The van der Waals surface area contributed by atoms with Gasteiger partial charge in [0.1, 0.15) is 0 Å². The highest BCUT2D eigenvalue weighted by atomic mass is 15.0. The quantitative estimate of drug-likeness (QED) is 0.280. The lowest BCUT2D eigenvalue weighted by molar-refractivity contribution is 1.07. The van der Waals surface area contributed by atoms with Gasteiger partial charge in [-0.3, -0.25) is 0 Å². The van der Waals surface area contributed by atoms with Crippen LogP contribution in [0.2, 0.25) is 0 Å². The molecule has 0 fully saturated rings. The SMILES string of the molecule is c1ccc(-c2nc(-c3ccccc3)nc(-c3ccc(-c4cccc5[nH]c6ccccc6c45)cc3)n2)cc1. The average molecular weight is 475 g/mol. The molecule has 0 spiro atoms. The van der Waals surface area contributed by atoms with Crippen molar-refractivity contribution in [3.05, 3.63) is 127 Å². The van der Waals surface area contributed by atoms with E-state index < -0.39 is 0 Å². The van der Waals surface area contributed by atoms with E-state index in [-0.39, 0.29) is 0 Å². The fraction of sp³-hybridized carbons (Fsp3) is 0. The van der Waals surface area contributed by atoms with Gasteiger partial charge in [-0.25, -0.2) is 15.0 Å². The molecule has 0 aliphatic rings. The molecule has 174 valence electrons. The summed E-state index contributed by atoms with van der Waals surface area (Å²) in [5.41, 5.74) is 7.52. The number of nitrogens with one attached hydrogen (secondary N) is 1. The second-order valence-corrected chi connectivity index (χ2v) is 9.01. The summed E-state index contributed by atoms with van der Waals surface area (Å²) in [5.74, 6) is 1.98. The molecule has 0 amide bonds. The van der Waals surface area contributed by atoms with Crippen molar-refractivity contribution in [1.82, 2.24) is 19.9 Å². The smallest absolute Gasteiger partial charge is 0.164 e. The topological polar surface area (TPSA) is 54.5 Å². The highest BCUT2D eigenvalue weighted by molar-refractivity contribution is 6.14. The molecule has 4 heteroatoms. The number of para-hydroxylation sites is 1. The van der Waals surface area contributed by atoms with Crippen molar-refractivity contribution >= 4 is 21.8 Å². The second kappa shape index (κ2) is 8.85. The van der Waals surface area contributed by atoms with Crippen LogP contribution in [0.25, 0.3) is 67.1 Å². The van der Waals surface area contributed by atoms with Crippen LogP contribution in [-0.2, 0) is 0 Å². The number of fused-ring (bicyclic) bond motifs is 3. The van der Waals surface area contributed by atoms with Crippen molar-refractivity contribution in [2.24, 2.45) is 0 Å². The first kappa shape index (κ1) is 21.2. The molecule has 0 atom stereocenters. The summed E-state index contributed by atoms with van der Waals surface area (Å²) in [6, 6.07) is 43.5. The molecule has 0 radical (unpaired) electrons. The lowest BCUT2D eigenvalue weighted by Crippen LogP contribution is -2.00. The third kappa shape index (κ3) is 3.85. The molecule has 0 unspecified atom stereocenters. The van der Waals surface area contributed by atoms with Crippen molar-refractivity contribution in [3.8, 4) is 45.3 Å². The Kier molecular flexibility index (Phi) is 5.07. The predicted octanol–water partition coefficient (Wildman–Crippen LogP) is 8.17. The maximum Gasteiger partial charge on any atom is 0.164 e. The second-order valence-electron chi connectivity index (χ2n) is 9.01. The van der Waals surface area contributed by atoms with E-state index in [4.69, 9.17) is 15.0 Å². The first-order valence-electron chi connectivity index (χ1n) is 12.3. The Morgan fingerprint density at radius 3 is 1.49 bits per heavy atom. The van der Waals surface area contributed by atoms with E-state index >= 15 is 0 Å². The average Bonchev–Trinajstić information content (AvgIpc) is 3.37. The van der Waals surface area contributed by atoms with E-state index in [2.05, 4.69) is 71.7 Å². The van der Waals surface area contributed by atoms with E-state index in [9.17, 15) is 0 Å². The van der Waals surface area contributed by atoms with Crippen LogP contribution in [0.1, 0.15) is 0 Å². The Morgan fingerprint density at radius 1 is 0.378 bits per heavy atom. The molecular formula is C33H22N4. The van der Waals surface area contributed by atoms with Crippen LogP contribution in [0.3, 0.4) is 0 Å². The molecule has 0 saturated carbocycles. The molecule has 2 aromatic heterocycles. The summed E-state index contributed by atoms with van der Waals surface area (Å²) < 4.78 is 0. The highest BCUT2D eigenvalue weighted by Crippen LogP contribution is 2.35. The van der Waals surface area contributed by atoms with Crippen LogP contribution in [0.15, 0.2) is 127 Å². The predicted molar refractivity (Wildman–Crippen MR) is 151 cm³/mol. The number of hydrogen-bond acceptors (Lipinski definition) is 3. The first-order chi connectivity index (χ1) is 18.3. The van der Waals surface area contributed by atoms with Gasteiger partial charge in [-0.15, -0.1) is 0 Å². The minimum Gasteiger partial charge on any atom is -0.354 e. The summed E-state index contributed by atoms with van der Waals surface area (Å²) in [6.07, 6.45) is 0. The molecule has 1 N–H and O–H groups in total. The minimum absolute atomic E-state index is 0.657. The lowest BCUT2D eigenvalue weighted by atomic mass is 9.98. The third-order valence-corrected chi connectivity index (χ3v) is 6.68. The van der Waals surface area contributed by atoms with Crippen LogP contribution >= 0.6 is 0 Å². The standard InChI is InChI=1S/C33H22N4/c1-3-10-23(11-4-1)31-35-32(24-12-5-2-6-13-24)37-33(36-31)25-20-18-22(19-21-25)26-15-9-17-29-30(26)27-14-7-8-16-28(27)34-29/h1-21,34H. The molecule has 7 rings (SSSR count). The highest BCUT2D eigenvalue weighted by Gasteiger charge is 2.13. The van der Waals surface area contributed by atoms with Gasteiger partial charge in [0.15, 0.2) is 17.5 Å². The van der Waals surface area contributed by atoms with Crippen molar-refractivity contribution in [3.63, 3.8) is 0 Å². The molecule has 0 saturated heterocycles. The maximum atomic E-state index is 4.86. The van der Waals surface area contributed by atoms with Crippen molar-refractivity contribution in [1.29, 1.82) is 0 Å². The number of nitrogens with zero attached hydrogens (tertiary/aromatic N) is 3. The van der Waals surface area contributed by atoms with Crippen molar-refractivity contribution in [2.45, 2.75) is 0 Å². The Labute approximate surface area is 214 Å². The van der Waals surface area contributed by atoms with Crippen LogP contribution in [-0.4, -0.2) is 19.9 Å². The summed E-state index contributed by atoms with van der Waals surface area (Å²) in [7, 11) is 0. The Bertz CT molecular complexity index is 1800. The summed E-state index contributed by atoms with van der Waals surface area (Å²) in [6.45, 7) is 0. The monoisotopic (exact) mass is 474 g/mol. The zero-order chi connectivity index (χ0) is 24.6. The van der Waals surface area contributed by atoms with E-state index in [1.807, 2.05) is 60.7 Å². The van der Waals surface area contributed by atoms with E-state index in [1.165, 1.54) is 16.3 Å². The largest absolute Gasteiger partial charge is 0.354 e. The zero-order valence-electron chi connectivity index (χ0n) is 20.0. The van der Waals surface area contributed by atoms with Gasteiger partial charge in [-0.2, -0.15) is 0 Å². The number of benzene rings is 5. The molecule has 0 bridgehead atoms. The van der Waals surface area contributed by atoms with Gasteiger partial charge in [0.05, 0.1) is 0 Å². The minimum atomic E-state index is 0.657. The van der Waals surface area contributed by atoms with Gasteiger partial charge in [0, 0.05) is 38.5 Å². The van der Waals surface area contributed by atoms with E-state index in [1.54, 1.807) is 0 Å². The molecule has 5 aromatic carbocycles. The van der Waals surface area contributed by atoms with Crippen molar-refractivity contribution in [2.75, 3.05) is 0 Å². The van der Waals surface area contributed by atoms with Crippen molar-refractivity contribution < 1.29 is 0 Å². The summed E-state index contributed by atoms with van der Waals surface area (Å²) in [5, 5.41) is 2.47. The Balaban J connectivity index is 1.34. The molecular weight excluding hydrogens is 452 g/mol. The van der Waals surface area contributed by atoms with E-state index in [0.29, 0.717) is 17.5 Å². The first-order valence-corrected chi connectivity index (χ1v) is 12.3. The number of aromatic nitrogens is 4. The number of H-pyrrole nitrogens is 1. The van der Waals surface area contributed by atoms with Gasteiger partial charge in [-0.1, -0.05) is 115 Å². The normalized spacial score (nSPS) is 11.2. The van der Waals surface area contributed by atoms with Crippen LogP contribution < -0.4 is 0 Å². The molecule has 4 nitrogen and oxygen atoms in total. The Morgan fingerprint density at radius 2 is 0.865 bits per heavy atom. The third-order valence-electron chi connectivity index (χ3n) is 6.68. The van der Waals surface area contributed by atoms with Crippen LogP contribution in [0.4, 0.5) is 0 Å². The number of rotatable bonds is 4. The maximum absolute atomic E-state index is 4.86. The van der Waals surface area contributed by atoms with Gasteiger partial charge < -0.3 is 4.98 Å². The fourth-order valence-electron chi connectivity index (χ4n) is 4.88. The van der Waals surface area contributed by atoms with E-state index in [0.717, 1.165) is 33.3 Å². The molecule has 0 aliphatic carbocycles. The summed E-state index contributed by atoms with van der Waals surface area (Å²) >= 11 is 0.